The summed E-state index contributed by atoms with van der Waals surface area (Å²) in [6.07, 6.45) is 7.32. The molecule has 136 valence electrons. The molecule has 0 radical (unpaired) electrons. The van der Waals surface area contributed by atoms with Crippen LogP contribution in [0.25, 0.3) is 0 Å². The van der Waals surface area contributed by atoms with Crippen molar-refractivity contribution in [1.82, 2.24) is 4.90 Å². The van der Waals surface area contributed by atoms with Gasteiger partial charge in [-0.25, -0.2) is 0 Å². The minimum absolute atomic E-state index is 0.0250. The Kier molecular flexibility index (Phi) is 5.77. The molecule has 0 spiro atoms. The molecule has 1 heterocycles. The summed E-state index contributed by atoms with van der Waals surface area (Å²) in [5.74, 6) is 0.437. The van der Waals surface area contributed by atoms with Gasteiger partial charge < -0.3 is 10.2 Å². The fraction of sp³-hybridized carbons (Fsp3) is 0.619. The Morgan fingerprint density at radius 1 is 1.20 bits per heavy atom. The molecule has 2 aliphatic rings. The Morgan fingerprint density at radius 2 is 1.88 bits per heavy atom. The molecule has 1 aliphatic heterocycles. The van der Waals surface area contributed by atoms with E-state index < -0.39 is 0 Å². The molecule has 1 saturated heterocycles. The molecule has 1 aromatic rings. The van der Waals surface area contributed by atoms with Crippen LogP contribution in [0, 0.1) is 5.92 Å². The summed E-state index contributed by atoms with van der Waals surface area (Å²) in [6, 6.07) is 8.45. The number of likely N-dealkylation sites (tertiary alicyclic amines) is 1. The predicted octanol–water partition coefficient (Wildman–Crippen LogP) is 4.32. The number of anilines is 1. The molecule has 3 rings (SSSR count). The Morgan fingerprint density at radius 3 is 2.52 bits per heavy atom. The predicted molar refractivity (Wildman–Crippen MR) is 100 cm³/mol. The summed E-state index contributed by atoms with van der Waals surface area (Å²) in [6.45, 7) is 4.97. The zero-order valence-corrected chi connectivity index (χ0v) is 15.5. The third kappa shape index (κ3) is 4.23. The topological polar surface area (TPSA) is 49.4 Å². The molecule has 2 atom stereocenters. The first-order valence-electron chi connectivity index (χ1n) is 9.78. The van der Waals surface area contributed by atoms with Crippen molar-refractivity contribution >= 4 is 17.5 Å². The van der Waals surface area contributed by atoms with E-state index in [1.807, 2.05) is 17.0 Å². The Labute approximate surface area is 151 Å². The highest BCUT2D eigenvalue weighted by molar-refractivity contribution is 5.97. The highest BCUT2D eigenvalue weighted by atomic mass is 16.2. The van der Waals surface area contributed by atoms with Crippen molar-refractivity contribution in [3.63, 3.8) is 0 Å². The van der Waals surface area contributed by atoms with Crippen molar-refractivity contribution in [2.45, 2.75) is 70.8 Å². The van der Waals surface area contributed by atoms with Crippen LogP contribution in [0.1, 0.15) is 70.3 Å². The van der Waals surface area contributed by atoms with Crippen LogP contribution in [0.4, 0.5) is 5.69 Å². The second-order valence-electron chi connectivity index (χ2n) is 7.66. The van der Waals surface area contributed by atoms with Gasteiger partial charge in [0.1, 0.15) is 0 Å². The van der Waals surface area contributed by atoms with E-state index in [0.717, 1.165) is 24.9 Å². The monoisotopic (exact) mass is 342 g/mol. The van der Waals surface area contributed by atoms with Gasteiger partial charge in [-0.2, -0.15) is 0 Å². The van der Waals surface area contributed by atoms with Gasteiger partial charge in [0.15, 0.2) is 0 Å². The molecule has 1 aromatic carbocycles. The average Bonchev–Trinajstić information content (AvgIpc) is 3.04. The highest BCUT2D eigenvalue weighted by Gasteiger charge is 2.38. The lowest BCUT2D eigenvalue weighted by molar-refractivity contribution is -0.130. The summed E-state index contributed by atoms with van der Waals surface area (Å²) < 4.78 is 0. The first-order valence-corrected chi connectivity index (χ1v) is 9.78. The van der Waals surface area contributed by atoms with Gasteiger partial charge in [0.05, 0.1) is 5.92 Å². The van der Waals surface area contributed by atoms with E-state index in [2.05, 4.69) is 31.3 Å². The van der Waals surface area contributed by atoms with Gasteiger partial charge in [0.2, 0.25) is 11.8 Å². The van der Waals surface area contributed by atoms with E-state index in [0.29, 0.717) is 24.9 Å². The summed E-state index contributed by atoms with van der Waals surface area (Å²) in [5, 5.41) is 2.99. The van der Waals surface area contributed by atoms with Crippen molar-refractivity contribution in [2.24, 2.45) is 5.92 Å². The molecular weight excluding hydrogens is 312 g/mol. The first kappa shape index (κ1) is 18.0. The van der Waals surface area contributed by atoms with Gasteiger partial charge in [-0.15, -0.1) is 0 Å². The number of carbonyl (C=O) groups excluding carboxylic acids is 2. The zero-order chi connectivity index (χ0) is 17.8. The minimum atomic E-state index is -0.219. The van der Waals surface area contributed by atoms with E-state index in [4.69, 9.17) is 0 Å². The highest BCUT2D eigenvalue weighted by Crippen LogP contribution is 2.29. The van der Waals surface area contributed by atoms with Crippen molar-refractivity contribution in [3.8, 4) is 0 Å². The van der Waals surface area contributed by atoms with E-state index in [1.165, 1.54) is 24.8 Å². The fourth-order valence-corrected chi connectivity index (χ4v) is 4.03. The SMILES string of the molecule is CC[C@@H](C)c1ccc(NC(=O)[C@H]2CC(=O)N(C3CCCCC3)C2)cc1. The maximum Gasteiger partial charge on any atom is 0.229 e. The summed E-state index contributed by atoms with van der Waals surface area (Å²) in [7, 11) is 0. The average molecular weight is 342 g/mol. The van der Waals surface area contributed by atoms with Gasteiger partial charge in [0, 0.05) is 24.7 Å². The van der Waals surface area contributed by atoms with Gasteiger partial charge in [-0.3, -0.25) is 9.59 Å². The van der Waals surface area contributed by atoms with Gasteiger partial charge >= 0.3 is 0 Å². The molecule has 25 heavy (non-hydrogen) atoms. The molecule has 1 aliphatic carbocycles. The Bertz CT molecular complexity index is 605. The normalized spacial score (nSPS) is 22.9. The van der Waals surface area contributed by atoms with E-state index in [9.17, 15) is 9.59 Å². The summed E-state index contributed by atoms with van der Waals surface area (Å²) in [4.78, 5) is 26.9. The van der Waals surface area contributed by atoms with Crippen molar-refractivity contribution in [1.29, 1.82) is 0 Å². The largest absolute Gasteiger partial charge is 0.339 e. The van der Waals surface area contributed by atoms with E-state index >= 15 is 0 Å². The lowest BCUT2D eigenvalue weighted by Crippen LogP contribution is -2.38. The van der Waals surface area contributed by atoms with Crippen LogP contribution in [-0.2, 0) is 9.59 Å². The van der Waals surface area contributed by atoms with Crippen LogP contribution in [-0.4, -0.2) is 29.3 Å². The third-order valence-electron chi connectivity index (χ3n) is 5.90. The lowest BCUT2D eigenvalue weighted by atomic mass is 9.94. The molecule has 0 unspecified atom stereocenters. The second kappa shape index (κ2) is 8.03. The standard InChI is InChI=1S/C21H30N2O2/c1-3-15(2)16-9-11-18(12-10-16)22-21(25)17-13-20(24)23(14-17)19-7-5-4-6-8-19/h9-12,15,17,19H,3-8,13-14H2,1-2H3,(H,22,25)/t15-,17+/m1/s1. The molecular formula is C21H30N2O2. The second-order valence-corrected chi connectivity index (χ2v) is 7.66. The first-order chi connectivity index (χ1) is 12.1. The van der Waals surface area contributed by atoms with Crippen molar-refractivity contribution < 1.29 is 9.59 Å². The number of carbonyl (C=O) groups is 2. The Balaban J connectivity index is 1.57. The van der Waals surface area contributed by atoms with Crippen LogP contribution < -0.4 is 5.32 Å². The van der Waals surface area contributed by atoms with Crippen LogP contribution in [0.5, 0.6) is 0 Å². The van der Waals surface area contributed by atoms with E-state index in [-0.39, 0.29) is 17.7 Å². The number of benzene rings is 1. The van der Waals surface area contributed by atoms with Crippen LogP contribution in [0.15, 0.2) is 24.3 Å². The number of hydrogen-bond donors (Lipinski definition) is 1. The van der Waals surface area contributed by atoms with Crippen molar-refractivity contribution in [3.05, 3.63) is 29.8 Å². The Hall–Kier alpha value is -1.84. The fourth-order valence-electron chi connectivity index (χ4n) is 4.03. The molecule has 0 bridgehead atoms. The quantitative estimate of drug-likeness (QED) is 0.866. The number of hydrogen-bond acceptors (Lipinski definition) is 2. The zero-order valence-electron chi connectivity index (χ0n) is 15.5. The van der Waals surface area contributed by atoms with Gasteiger partial charge in [-0.1, -0.05) is 45.2 Å². The van der Waals surface area contributed by atoms with E-state index in [1.54, 1.807) is 0 Å². The summed E-state index contributed by atoms with van der Waals surface area (Å²) >= 11 is 0. The van der Waals surface area contributed by atoms with Crippen LogP contribution in [0.2, 0.25) is 0 Å². The summed E-state index contributed by atoms with van der Waals surface area (Å²) in [5.41, 5.74) is 2.11. The number of rotatable bonds is 5. The molecule has 2 fully saturated rings. The maximum atomic E-state index is 12.6. The van der Waals surface area contributed by atoms with Crippen LogP contribution >= 0.6 is 0 Å². The smallest absolute Gasteiger partial charge is 0.229 e. The maximum absolute atomic E-state index is 12.6. The molecule has 4 heteroatoms. The molecule has 0 aromatic heterocycles. The number of nitrogens with zero attached hydrogens (tertiary/aromatic N) is 1. The van der Waals surface area contributed by atoms with Crippen molar-refractivity contribution in [2.75, 3.05) is 11.9 Å². The number of nitrogens with one attached hydrogen (secondary N) is 1. The third-order valence-corrected chi connectivity index (χ3v) is 5.90. The van der Waals surface area contributed by atoms with Crippen LogP contribution in [0.3, 0.4) is 0 Å². The van der Waals surface area contributed by atoms with Gasteiger partial charge in [-0.05, 0) is 42.9 Å². The number of amides is 2. The molecule has 1 N–H and O–H groups in total. The van der Waals surface area contributed by atoms with Gasteiger partial charge in [0.25, 0.3) is 0 Å². The molecule has 1 saturated carbocycles. The molecule has 2 amide bonds. The minimum Gasteiger partial charge on any atom is -0.339 e. The molecule has 4 nitrogen and oxygen atoms in total. The lowest BCUT2D eigenvalue weighted by Gasteiger charge is -2.31.